The molecule has 0 aromatic carbocycles. The number of nitrogens with two attached hydrogens (primary N) is 1. The van der Waals surface area contributed by atoms with E-state index >= 15 is 0 Å². The molecule has 2 aromatic heterocycles. The highest BCUT2D eigenvalue weighted by molar-refractivity contribution is 5.68. The van der Waals surface area contributed by atoms with Crippen LogP contribution in [0.4, 0.5) is 5.82 Å². The van der Waals surface area contributed by atoms with Crippen LogP contribution in [0.3, 0.4) is 0 Å². The summed E-state index contributed by atoms with van der Waals surface area (Å²) in [5.74, 6) is 1.57. The molecule has 0 unspecified atom stereocenters. The molecule has 2 heterocycles. The zero-order valence-corrected chi connectivity index (χ0v) is 9.88. The average Bonchev–Trinajstić information content (AvgIpc) is 2.54. The van der Waals surface area contributed by atoms with Gasteiger partial charge < -0.3 is 10.8 Å². The van der Waals surface area contributed by atoms with Gasteiger partial charge in [-0.2, -0.15) is 5.10 Å². The second-order valence-corrected chi connectivity index (χ2v) is 5.06. The Hall–Kier alpha value is -1.69. The lowest BCUT2D eigenvalue weighted by Gasteiger charge is -2.39. The fraction of sp³-hybridized carbons (Fsp3) is 0.545. The zero-order valence-electron chi connectivity index (χ0n) is 9.88. The second kappa shape index (κ2) is 3.16. The van der Waals surface area contributed by atoms with Crippen LogP contribution in [0.2, 0.25) is 0 Å². The van der Waals surface area contributed by atoms with Crippen LogP contribution in [0.1, 0.15) is 37.2 Å². The number of anilines is 1. The predicted molar refractivity (Wildman–Crippen MR) is 62.5 cm³/mol. The number of aromatic nitrogens is 4. The molecule has 17 heavy (non-hydrogen) atoms. The summed E-state index contributed by atoms with van der Waals surface area (Å²) in [7, 11) is 0. The highest BCUT2D eigenvalue weighted by Crippen LogP contribution is 2.44. The molecule has 1 fully saturated rings. The molecule has 0 atom stereocenters. The van der Waals surface area contributed by atoms with E-state index in [9.17, 15) is 5.11 Å². The number of imidazole rings is 1. The van der Waals surface area contributed by atoms with E-state index in [1.165, 1.54) is 6.33 Å². The standard InChI is InChI=1S/C11H15N5O/c1-6-8-9(12)13-5-14-16(8)10(15-6)7-3-11(2,17)4-7/h5,7,17H,3-4H2,1-2H3,(H2,12,13,14)/t7-,11+. The number of rotatable bonds is 1. The minimum atomic E-state index is -0.566. The monoisotopic (exact) mass is 233 g/mol. The van der Waals surface area contributed by atoms with Crippen molar-refractivity contribution in [3.05, 3.63) is 17.8 Å². The molecule has 0 saturated heterocycles. The van der Waals surface area contributed by atoms with Crippen LogP contribution in [-0.2, 0) is 0 Å². The molecule has 6 heteroatoms. The first-order chi connectivity index (χ1) is 7.98. The van der Waals surface area contributed by atoms with Crippen molar-refractivity contribution in [1.82, 2.24) is 19.6 Å². The number of aliphatic hydroxyl groups is 1. The van der Waals surface area contributed by atoms with Crippen LogP contribution in [0.25, 0.3) is 5.52 Å². The SMILES string of the molecule is Cc1nc([C@H]2C[C@@](C)(O)C2)n2ncnc(N)c12. The van der Waals surface area contributed by atoms with Crippen LogP contribution < -0.4 is 5.73 Å². The summed E-state index contributed by atoms with van der Waals surface area (Å²) in [6.07, 6.45) is 2.87. The highest BCUT2D eigenvalue weighted by atomic mass is 16.3. The van der Waals surface area contributed by atoms with Crippen LogP contribution >= 0.6 is 0 Å². The zero-order chi connectivity index (χ0) is 12.2. The Labute approximate surface area is 98.5 Å². The van der Waals surface area contributed by atoms with E-state index in [2.05, 4.69) is 15.1 Å². The van der Waals surface area contributed by atoms with Gasteiger partial charge in [0.2, 0.25) is 0 Å². The van der Waals surface area contributed by atoms with Crippen molar-refractivity contribution in [2.24, 2.45) is 0 Å². The molecule has 6 nitrogen and oxygen atoms in total. The van der Waals surface area contributed by atoms with E-state index in [4.69, 9.17) is 5.73 Å². The Balaban J connectivity index is 2.10. The molecule has 1 aliphatic rings. The van der Waals surface area contributed by atoms with Crippen LogP contribution in [0.5, 0.6) is 0 Å². The van der Waals surface area contributed by atoms with E-state index < -0.39 is 5.60 Å². The summed E-state index contributed by atoms with van der Waals surface area (Å²) in [5, 5.41) is 14.0. The van der Waals surface area contributed by atoms with E-state index in [1.807, 2.05) is 13.8 Å². The van der Waals surface area contributed by atoms with Crippen LogP contribution in [0, 0.1) is 6.92 Å². The summed E-state index contributed by atoms with van der Waals surface area (Å²) in [6.45, 7) is 3.74. The lowest BCUT2D eigenvalue weighted by atomic mass is 9.72. The van der Waals surface area contributed by atoms with Gasteiger partial charge in [0.25, 0.3) is 0 Å². The first kappa shape index (κ1) is 10.5. The van der Waals surface area contributed by atoms with Gasteiger partial charge in [0.05, 0.1) is 11.3 Å². The Morgan fingerprint density at radius 2 is 2.24 bits per heavy atom. The van der Waals surface area contributed by atoms with E-state index in [0.717, 1.165) is 29.9 Å². The van der Waals surface area contributed by atoms with Crippen molar-refractivity contribution in [3.63, 3.8) is 0 Å². The predicted octanol–water partition coefficient (Wildman–Crippen LogP) is 0.643. The second-order valence-electron chi connectivity index (χ2n) is 5.06. The molecule has 1 saturated carbocycles. The topological polar surface area (TPSA) is 89.3 Å². The van der Waals surface area contributed by atoms with E-state index in [1.54, 1.807) is 4.52 Å². The minimum Gasteiger partial charge on any atom is -0.390 e. The first-order valence-corrected chi connectivity index (χ1v) is 5.66. The summed E-state index contributed by atoms with van der Waals surface area (Å²) in [5.41, 5.74) is 6.87. The number of aryl methyl sites for hydroxylation is 1. The maximum Gasteiger partial charge on any atom is 0.153 e. The molecule has 0 amide bonds. The molecule has 3 rings (SSSR count). The van der Waals surface area contributed by atoms with Crippen molar-refractivity contribution >= 4 is 11.3 Å². The highest BCUT2D eigenvalue weighted by Gasteiger charge is 2.41. The summed E-state index contributed by atoms with van der Waals surface area (Å²) >= 11 is 0. The van der Waals surface area contributed by atoms with Gasteiger partial charge in [-0.15, -0.1) is 0 Å². The summed E-state index contributed by atoms with van der Waals surface area (Å²) in [6, 6.07) is 0. The fourth-order valence-corrected chi connectivity index (χ4v) is 2.60. The van der Waals surface area contributed by atoms with Gasteiger partial charge in [-0.05, 0) is 26.7 Å². The first-order valence-electron chi connectivity index (χ1n) is 5.66. The van der Waals surface area contributed by atoms with Gasteiger partial charge in [-0.25, -0.2) is 14.5 Å². The summed E-state index contributed by atoms with van der Waals surface area (Å²) < 4.78 is 1.75. The van der Waals surface area contributed by atoms with Crippen molar-refractivity contribution in [1.29, 1.82) is 0 Å². The lowest BCUT2D eigenvalue weighted by molar-refractivity contribution is -0.0337. The Morgan fingerprint density at radius 3 is 2.88 bits per heavy atom. The fourth-order valence-electron chi connectivity index (χ4n) is 2.60. The number of nitrogens with zero attached hydrogens (tertiary/aromatic N) is 4. The molecule has 0 radical (unpaired) electrons. The quantitative estimate of drug-likeness (QED) is 0.754. The third kappa shape index (κ3) is 1.48. The van der Waals surface area contributed by atoms with Gasteiger partial charge in [0, 0.05) is 5.92 Å². The third-order valence-electron chi connectivity index (χ3n) is 3.40. The number of hydrogen-bond acceptors (Lipinski definition) is 5. The molecule has 0 bridgehead atoms. The minimum absolute atomic E-state index is 0.250. The van der Waals surface area contributed by atoms with Gasteiger partial charge in [-0.1, -0.05) is 0 Å². The average molecular weight is 233 g/mol. The number of fused-ring (bicyclic) bond motifs is 1. The third-order valence-corrected chi connectivity index (χ3v) is 3.40. The number of hydrogen-bond donors (Lipinski definition) is 2. The van der Waals surface area contributed by atoms with Crippen molar-refractivity contribution in [2.45, 2.75) is 38.2 Å². The molecular weight excluding hydrogens is 218 g/mol. The van der Waals surface area contributed by atoms with Crippen LogP contribution in [-0.4, -0.2) is 30.3 Å². The van der Waals surface area contributed by atoms with E-state index in [0.29, 0.717) is 5.82 Å². The van der Waals surface area contributed by atoms with Gasteiger partial charge in [-0.3, -0.25) is 0 Å². The molecule has 90 valence electrons. The molecule has 1 aliphatic carbocycles. The largest absolute Gasteiger partial charge is 0.390 e. The molecule has 0 spiro atoms. The Bertz CT molecular complexity index is 581. The molecule has 2 aromatic rings. The Kier molecular flexibility index (Phi) is 1.95. The molecule has 3 N–H and O–H groups in total. The van der Waals surface area contributed by atoms with Crippen molar-refractivity contribution in [3.8, 4) is 0 Å². The normalized spacial score (nSPS) is 28.3. The van der Waals surface area contributed by atoms with Crippen molar-refractivity contribution < 1.29 is 5.11 Å². The van der Waals surface area contributed by atoms with Gasteiger partial charge in [0.1, 0.15) is 17.7 Å². The van der Waals surface area contributed by atoms with Gasteiger partial charge in [0.15, 0.2) is 5.82 Å². The van der Waals surface area contributed by atoms with E-state index in [-0.39, 0.29) is 5.92 Å². The summed E-state index contributed by atoms with van der Waals surface area (Å²) in [4.78, 5) is 8.48. The van der Waals surface area contributed by atoms with Crippen molar-refractivity contribution in [2.75, 3.05) is 5.73 Å². The maximum atomic E-state index is 9.78. The maximum absolute atomic E-state index is 9.78. The molecule has 0 aliphatic heterocycles. The Morgan fingerprint density at radius 1 is 1.53 bits per heavy atom. The lowest BCUT2D eigenvalue weighted by Crippen LogP contribution is -2.40. The smallest absolute Gasteiger partial charge is 0.153 e. The van der Waals surface area contributed by atoms with Crippen LogP contribution in [0.15, 0.2) is 6.33 Å². The number of nitrogen functional groups attached to an aromatic ring is 1. The van der Waals surface area contributed by atoms with Gasteiger partial charge >= 0.3 is 0 Å². The molecular formula is C11H15N5O.